The first-order valence-electron chi connectivity index (χ1n) is 5.38. The van der Waals surface area contributed by atoms with Crippen LogP contribution in [0.5, 0.6) is 0 Å². The minimum absolute atomic E-state index is 0.229. The molecule has 1 rings (SSSR count). The van der Waals surface area contributed by atoms with Crippen LogP contribution in [0.2, 0.25) is 0 Å². The Hall–Kier alpha value is -1.24. The summed E-state index contributed by atoms with van der Waals surface area (Å²) in [6.45, 7) is 13.4. The van der Waals surface area contributed by atoms with Crippen molar-refractivity contribution in [2.45, 2.75) is 33.1 Å². The van der Waals surface area contributed by atoms with Crippen LogP contribution in [0.25, 0.3) is 0 Å². The molecule has 0 saturated heterocycles. The molecule has 82 valence electrons. The summed E-state index contributed by atoms with van der Waals surface area (Å²) in [6.07, 6.45) is 0. The number of anilines is 1. The van der Waals surface area contributed by atoms with E-state index in [9.17, 15) is 0 Å². The largest absolute Gasteiger partial charge is 0.381 e. The zero-order valence-corrected chi connectivity index (χ0v) is 10.2. The summed E-state index contributed by atoms with van der Waals surface area (Å²) < 4.78 is 0. The van der Waals surface area contributed by atoms with E-state index in [4.69, 9.17) is 0 Å². The molecule has 0 aliphatic rings. The van der Waals surface area contributed by atoms with Gasteiger partial charge in [-0.2, -0.15) is 0 Å². The van der Waals surface area contributed by atoms with E-state index < -0.39 is 0 Å². The van der Waals surface area contributed by atoms with Crippen molar-refractivity contribution in [2.24, 2.45) is 0 Å². The van der Waals surface area contributed by atoms with Gasteiger partial charge in [0.05, 0.1) is 0 Å². The van der Waals surface area contributed by atoms with Gasteiger partial charge in [-0.15, -0.1) is 0 Å². The van der Waals surface area contributed by atoms with Crippen LogP contribution in [0.3, 0.4) is 0 Å². The maximum absolute atomic E-state index is 3.86. The number of hydrogen-bond acceptors (Lipinski definition) is 1. The van der Waals surface area contributed by atoms with E-state index in [1.54, 1.807) is 0 Å². The predicted molar refractivity (Wildman–Crippen MR) is 68.4 cm³/mol. The Labute approximate surface area is 93.2 Å². The molecule has 0 aromatic heterocycles. The smallest absolute Gasteiger partial charge is 0.0354 e. The summed E-state index contributed by atoms with van der Waals surface area (Å²) in [5.41, 5.74) is 3.90. The summed E-state index contributed by atoms with van der Waals surface area (Å²) in [5, 5.41) is 3.32. The van der Waals surface area contributed by atoms with Crippen molar-refractivity contribution < 1.29 is 0 Å². The van der Waals surface area contributed by atoms with Crippen LogP contribution in [0.1, 0.15) is 33.3 Å². The van der Waals surface area contributed by atoms with Crippen LogP contribution >= 0.6 is 0 Å². The summed E-state index contributed by atoms with van der Waals surface area (Å²) in [7, 11) is 0. The molecular formula is C14H21N. The first kappa shape index (κ1) is 11.8. The quantitative estimate of drug-likeness (QED) is 0.733. The highest BCUT2D eigenvalue weighted by Gasteiger charge is 2.12. The molecule has 0 radical (unpaired) electrons. The molecule has 0 saturated carbocycles. The minimum Gasteiger partial charge on any atom is -0.381 e. The Kier molecular flexibility index (Phi) is 3.57. The highest BCUT2D eigenvalue weighted by molar-refractivity contribution is 5.46. The molecule has 0 bridgehead atoms. The molecule has 1 N–H and O–H groups in total. The molecule has 0 heterocycles. The van der Waals surface area contributed by atoms with Crippen molar-refractivity contribution in [3.63, 3.8) is 0 Å². The molecule has 1 heteroatoms. The summed E-state index contributed by atoms with van der Waals surface area (Å²) in [4.78, 5) is 0. The molecule has 1 aromatic carbocycles. The van der Waals surface area contributed by atoms with Gasteiger partial charge in [-0.25, -0.2) is 0 Å². The number of benzene rings is 1. The SMILES string of the molecule is C=C(C)CNc1ccc(C(C)(C)C)cc1. The van der Waals surface area contributed by atoms with Crippen molar-refractivity contribution in [1.29, 1.82) is 0 Å². The van der Waals surface area contributed by atoms with Gasteiger partial charge in [-0.05, 0) is 30.0 Å². The maximum atomic E-state index is 3.86. The van der Waals surface area contributed by atoms with Gasteiger partial charge in [0.25, 0.3) is 0 Å². The van der Waals surface area contributed by atoms with Gasteiger partial charge in [0.15, 0.2) is 0 Å². The minimum atomic E-state index is 0.229. The molecule has 0 aliphatic carbocycles. The Balaban J connectivity index is 2.69. The highest BCUT2D eigenvalue weighted by atomic mass is 14.9. The first-order chi connectivity index (χ1) is 6.89. The maximum Gasteiger partial charge on any atom is 0.0354 e. The molecule has 15 heavy (non-hydrogen) atoms. The van der Waals surface area contributed by atoms with Crippen molar-refractivity contribution in [3.05, 3.63) is 42.0 Å². The number of hydrogen-bond donors (Lipinski definition) is 1. The van der Waals surface area contributed by atoms with Crippen LogP contribution in [-0.2, 0) is 5.41 Å². The summed E-state index contributed by atoms with van der Waals surface area (Å²) in [5.74, 6) is 0. The van der Waals surface area contributed by atoms with Gasteiger partial charge in [-0.3, -0.25) is 0 Å². The fourth-order valence-electron chi connectivity index (χ4n) is 1.34. The van der Waals surface area contributed by atoms with E-state index in [1.165, 1.54) is 5.56 Å². The molecule has 1 aromatic rings. The highest BCUT2D eigenvalue weighted by Crippen LogP contribution is 2.23. The van der Waals surface area contributed by atoms with Crippen LogP contribution < -0.4 is 5.32 Å². The third kappa shape index (κ3) is 3.78. The second-order valence-corrected chi connectivity index (χ2v) is 5.14. The van der Waals surface area contributed by atoms with E-state index >= 15 is 0 Å². The molecular weight excluding hydrogens is 182 g/mol. The fraction of sp³-hybridized carbons (Fsp3) is 0.429. The number of nitrogens with one attached hydrogen (secondary N) is 1. The van der Waals surface area contributed by atoms with Crippen LogP contribution in [-0.4, -0.2) is 6.54 Å². The second kappa shape index (κ2) is 4.52. The zero-order chi connectivity index (χ0) is 11.5. The monoisotopic (exact) mass is 203 g/mol. The standard InChI is InChI=1S/C14H21N/c1-11(2)10-15-13-8-6-12(7-9-13)14(3,4)5/h6-9,15H,1,10H2,2-5H3. The normalized spacial score (nSPS) is 11.2. The summed E-state index contributed by atoms with van der Waals surface area (Å²) >= 11 is 0. The van der Waals surface area contributed by atoms with E-state index in [0.29, 0.717) is 0 Å². The Morgan fingerprint density at radius 1 is 1.20 bits per heavy atom. The summed E-state index contributed by atoms with van der Waals surface area (Å²) in [6, 6.07) is 8.62. The van der Waals surface area contributed by atoms with Gasteiger partial charge in [0.2, 0.25) is 0 Å². The lowest BCUT2D eigenvalue weighted by molar-refractivity contribution is 0.590. The Morgan fingerprint density at radius 3 is 2.13 bits per heavy atom. The van der Waals surface area contributed by atoms with Gasteiger partial charge in [0.1, 0.15) is 0 Å². The molecule has 0 fully saturated rings. The van der Waals surface area contributed by atoms with Crippen LogP contribution in [0.4, 0.5) is 5.69 Å². The van der Waals surface area contributed by atoms with E-state index in [0.717, 1.165) is 17.8 Å². The lowest BCUT2D eigenvalue weighted by Crippen LogP contribution is -2.11. The van der Waals surface area contributed by atoms with E-state index in [1.807, 2.05) is 6.92 Å². The predicted octanol–water partition coefficient (Wildman–Crippen LogP) is 3.97. The van der Waals surface area contributed by atoms with Gasteiger partial charge >= 0.3 is 0 Å². The van der Waals surface area contributed by atoms with E-state index in [2.05, 4.69) is 56.9 Å². The first-order valence-corrected chi connectivity index (χ1v) is 5.38. The van der Waals surface area contributed by atoms with Crippen LogP contribution in [0, 0.1) is 0 Å². The Bertz CT molecular complexity index is 327. The topological polar surface area (TPSA) is 12.0 Å². The lowest BCUT2D eigenvalue weighted by atomic mass is 9.87. The fourth-order valence-corrected chi connectivity index (χ4v) is 1.34. The molecule has 0 atom stereocenters. The Morgan fingerprint density at radius 2 is 1.73 bits per heavy atom. The average molecular weight is 203 g/mol. The molecule has 0 spiro atoms. The van der Waals surface area contributed by atoms with Gasteiger partial charge < -0.3 is 5.32 Å². The average Bonchev–Trinajstić information content (AvgIpc) is 2.14. The van der Waals surface area contributed by atoms with Crippen molar-refractivity contribution in [1.82, 2.24) is 0 Å². The van der Waals surface area contributed by atoms with Crippen molar-refractivity contribution >= 4 is 5.69 Å². The van der Waals surface area contributed by atoms with Gasteiger partial charge in [0, 0.05) is 12.2 Å². The van der Waals surface area contributed by atoms with Crippen molar-refractivity contribution in [3.8, 4) is 0 Å². The molecule has 0 aliphatic heterocycles. The van der Waals surface area contributed by atoms with Gasteiger partial charge in [-0.1, -0.05) is 45.1 Å². The van der Waals surface area contributed by atoms with E-state index in [-0.39, 0.29) is 5.41 Å². The zero-order valence-electron chi connectivity index (χ0n) is 10.2. The van der Waals surface area contributed by atoms with Crippen molar-refractivity contribution in [2.75, 3.05) is 11.9 Å². The molecule has 0 amide bonds. The van der Waals surface area contributed by atoms with Crippen LogP contribution in [0.15, 0.2) is 36.4 Å². The molecule has 1 nitrogen and oxygen atoms in total. The lowest BCUT2D eigenvalue weighted by Gasteiger charge is -2.19. The molecule has 0 unspecified atom stereocenters. The number of rotatable bonds is 3. The third-order valence-electron chi connectivity index (χ3n) is 2.35. The third-order valence-corrected chi connectivity index (χ3v) is 2.35. The second-order valence-electron chi connectivity index (χ2n) is 5.14.